The summed E-state index contributed by atoms with van der Waals surface area (Å²) in [7, 11) is 0. The molecule has 0 amide bonds. The average Bonchev–Trinajstić information content (AvgIpc) is 2.83. The van der Waals surface area contributed by atoms with Gasteiger partial charge in [-0.25, -0.2) is 4.98 Å². The molecule has 0 aliphatic heterocycles. The molecule has 0 aliphatic carbocycles. The van der Waals surface area contributed by atoms with Gasteiger partial charge in [-0.05, 0) is 73.9 Å². The smallest absolute Gasteiger partial charge is 1.00 e. The number of rotatable bonds is 8. The van der Waals surface area contributed by atoms with Crippen LogP contribution in [0.5, 0.6) is 0 Å². The Labute approximate surface area is 246 Å². The van der Waals surface area contributed by atoms with Crippen molar-refractivity contribution in [2.24, 2.45) is 9.98 Å². The summed E-state index contributed by atoms with van der Waals surface area (Å²) in [6, 6.07) is 16.6. The summed E-state index contributed by atoms with van der Waals surface area (Å²) in [5.41, 5.74) is 10.4. The molecule has 36 heavy (non-hydrogen) atoms. The summed E-state index contributed by atoms with van der Waals surface area (Å²) in [5, 5.41) is 0.637. The fourth-order valence-corrected chi connectivity index (χ4v) is 4.24. The van der Waals surface area contributed by atoms with E-state index in [2.05, 4.69) is 64.1 Å². The van der Waals surface area contributed by atoms with E-state index >= 15 is 0 Å². The zero-order chi connectivity index (χ0) is 24.0. The molecule has 0 spiro atoms. The maximum atomic E-state index is 6.53. The number of nitrogens with zero attached hydrogens (tertiary/aromatic N) is 3. The standard InChI is InChI=1S/C29H34ClN3.2ClH.V/c1-7-21-13-11-14-22(8-2)28(21)31-19(5)26-17-25(30)18-27(33-26)20(6)32-29-23(9-3)15-12-16-24(29)10-4;;;/h11-18H,7-10H2,1-6H3;2*1H;/q;;;+2/p-2. The van der Waals surface area contributed by atoms with Crippen molar-refractivity contribution in [3.63, 3.8) is 0 Å². The Morgan fingerprint density at radius 2 is 0.972 bits per heavy atom. The molecule has 2 aromatic carbocycles. The van der Waals surface area contributed by atoms with E-state index in [1.165, 1.54) is 22.3 Å². The number of benzene rings is 2. The van der Waals surface area contributed by atoms with Gasteiger partial charge >= 0.3 is 18.6 Å². The van der Waals surface area contributed by atoms with Crippen molar-refractivity contribution in [3.05, 3.63) is 87.2 Å². The molecule has 0 aliphatic rings. The van der Waals surface area contributed by atoms with Gasteiger partial charge in [0, 0.05) is 5.02 Å². The Kier molecular flexibility index (Phi) is 15.5. The Morgan fingerprint density at radius 3 is 1.25 bits per heavy atom. The predicted octanol–water partition coefficient (Wildman–Crippen LogP) is 2.27. The number of halogens is 3. The molecular formula is C29H34Cl3N3V. The van der Waals surface area contributed by atoms with Crippen LogP contribution in [-0.2, 0) is 44.2 Å². The van der Waals surface area contributed by atoms with Crippen molar-refractivity contribution in [3.8, 4) is 0 Å². The van der Waals surface area contributed by atoms with E-state index in [1.807, 2.05) is 26.0 Å². The number of hydrogen-bond acceptors (Lipinski definition) is 3. The molecule has 0 saturated heterocycles. The van der Waals surface area contributed by atoms with Crippen molar-refractivity contribution < 1.29 is 43.4 Å². The Bertz CT molecular complexity index is 1070. The minimum atomic E-state index is 0. The first-order valence-corrected chi connectivity index (χ1v) is 12.3. The number of pyridine rings is 1. The molecule has 7 heteroatoms. The number of hydrogen-bond donors (Lipinski definition) is 0. The minimum Gasteiger partial charge on any atom is -1.00 e. The first-order chi connectivity index (χ1) is 15.9. The van der Waals surface area contributed by atoms with Crippen molar-refractivity contribution in [1.82, 2.24) is 4.98 Å². The molecule has 3 aromatic rings. The van der Waals surface area contributed by atoms with Crippen LogP contribution in [0.15, 0.2) is 58.5 Å². The number of aliphatic imine (C=N–C) groups is 2. The topological polar surface area (TPSA) is 37.6 Å². The van der Waals surface area contributed by atoms with Crippen LogP contribution in [0.3, 0.4) is 0 Å². The van der Waals surface area contributed by atoms with Gasteiger partial charge in [0.05, 0.1) is 34.2 Å². The van der Waals surface area contributed by atoms with Gasteiger partial charge in [0.2, 0.25) is 0 Å². The Hall–Kier alpha value is -1.62. The maximum Gasteiger partial charge on any atom is 2.00 e. The van der Waals surface area contributed by atoms with Crippen molar-refractivity contribution in [2.45, 2.75) is 67.2 Å². The van der Waals surface area contributed by atoms with Gasteiger partial charge in [-0.1, -0.05) is 75.7 Å². The molecule has 0 saturated carbocycles. The molecule has 1 radical (unpaired) electrons. The summed E-state index contributed by atoms with van der Waals surface area (Å²) < 4.78 is 0. The average molecular weight is 582 g/mol. The van der Waals surface area contributed by atoms with Crippen LogP contribution < -0.4 is 24.8 Å². The van der Waals surface area contributed by atoms with E-state index in [0.29, 0.717) is 5.02 Å². The van der Waals surface area contributed by atoms with Gasteiger partial charge in [-0.15, -0.1) is 0 Å². The van der Waals surface area contributed by atoms with Crippen molar-refractivity contribution in [1.29, 1.82) is 0 Å². The second-order valence-corrected chi connectivity index (χ2v) is 8.65. The van der Waals surface area contributed by atoms with Crippen LogP contribution in [0.2, 0.25) is 5.02 Å². The van der Waals surface area contributed by atoms with E-state index in [0.717, 1.165) is 59.9 Å². The predicted molar refractivity (Wildman–Crippen MR) is 143 cm³/mol. The summed E-state index contributed by atoms with van der Waals surface area (Å²) in [5.74, 6) is 0. The number of aromatic nitrogens is 1. The van der Waals surface area contributed by atoms with E-state index in [-0.39, 0.29) is 43.4 Å². The van der Waals surface area contributed by atoms with E-state index in [1.54, 1.807) is 0 Å². The van der Waals surface area contributed by atoms with E-state index < -0.39 is 0 Å². The molecule has 191 valence electrons. The minimum absolute atomic E-state index is 0. The van der Waals surface area contributed by atoms with Crippen LogP contribution >= 0.6 is 11.6 Å². The Morgan fingerprint density at radius 1 is 0.667 bits per heavy atom. The zero-order valence-electron chi connectivity index (χ0n) is 21.9. The molecule has 3 nitrogen and oxygen atoms in total. The molecule has 0 bridgehead atoms. The zero-order valence-corrected chi connectivity index (χ0v) is 25.5. The summed E-state index contributed by atoms with van der Waals surface area (Å²) in [6.45, 7) is 12.7. The van der Waals surface area contributed by atoms with Gasteiger partial charge < -0.3 is 24.8 Å². The number of para-hydroxylation sites is 2. The van der Waals surface area contributed by atoms with Crippen LogP contribution in [0.25, 0.3) is 0 Å². The second kappa shape index (κ2) is 16.3. The summed E-state index contributed by atoms with van der Waals surface area (Å²) >= 11 is 6.53. The third-order valence-corrected chi connectivity index (χ3v) is 6.24. The number of aryl methyl sites for hydroxylation is 4. The molecule has 1 aromatic heterocycles. The van der Waals surface area contributed by atoms with Crippen LogP contribution in [-0.4, -0.2) is 16.4 Å². The third-order valence-electron chi connectivity index (χ3n) is 6.02. The van der Waals surface area contributed by atoms with Crippen molar-refractivity contribution in [2.75, 3.05) is 0 Å². The SMILES string of the molecule is CCc1cccc(CC)c1N=C(C)c1cc(Cl)cc(C(C)=Nc2c(CC)cccc2CC)n1.[Cl-].[Cl-].[V+2]. The molecule has 1 heterocycles. The first kappa shape index (κ1) is 34.4. The van der Waals surface area contributed by atoms with Gasteiger partial charge in [-0.3, -0.25) is 9.98 Å². The van der Waals surface area contributed by atoms with Crippen LogP contribution in [0.4, 0.5) is 11.4 Å². The summed E-state index contributed by atoms with van der Waals surface area (Å²) in [4.78, 5) is 14.9. The quantitative estimate of drug-likeness (QED) is 0.376. The third kappa shape index (κ3) is 8.20. The van der Waals surface area contributed by atoms with E-state index in [9.17, 15) is 0 Å². The first-order valence-electron chi connectivity index (χ1n) is 11.9. The molecule has 3 rings (SSSR count). The van der Waals surface area contributed by atoms with Crippen molar-refractivity contribution >= 4 is 34.4 Å². The van der Waals surface area contributed by atoms with Crippen LogP contribution in [0.1, 0.15) is 75.2 Å². The molecule has 0 N–H and O–H groups in total. The normalized spacial score (nSPS) is 11.3. The summed E-state index contributed by atoms with van der Waals surface area (Å²) in [6.07, 6.45) is 3.76. The maximum absolute atomic E-state index is 6.53. The fraction of sp³-hybridized carbons (Fsp3) is 0.345. The Balaban J connectivity index is 0.00000408. The molecule has 0 fully saturated rings. The fourth-order valence-electron chi connectivity index (χ4n) is 4.04. The van der Waals surface area contributed by atoms with E-state index in [4.69, 9.17) is 26.6 Å². The molecule has 0 unspecified atom stereocenters. The second-order valence-electron chi connectivity index (χ2n) is 8.21. The largest absolute Gasteiger partial charge is 2.00 e. The molecular weight excluding hydrogens is 548 g/mol. The monoisotopic (exact) mass is 580 g/mol. The molecule has 0 atom stereocenters. The van der Waals surface area contributed by atoms with Gasteiger partial charge in [0.25, 0.3) is 0 Å². The van der Waals surface area contributed by atoms with Gasteiger partial charge in [0.1, 0.15) is 0 Å². The van der Waals surface area contributed by atoms with Crippen LogP contribution in [0, 0.1) is 0 Å². The van der Waals surface area contributed by atoms with Gasteiger partial charge in [0.15, 0.2) is 0 Å². The van der Waals surface area contributed by atoms with Gasteiger partial charge in [-0.2, -0.15) is 0 Å².